The predicted molar refractivity (Wildman–Crippen MR) is 76.6 cm³/mol. The minimum atomic E-state index is -0.150. The van der Waals surface area contributed by atoms with Gasteiger partial charge < -0.3 is 15.5 Å². The highest BCUT2D eigenvalue weighted by molar-refractivity contribution is 5.92. The fraction of sp³-hybridized carbons (Fsp3) is 0.769. The summed E-state index contributed by atoms with van der Waals surface area (Å²) in [6.07, 6.45) is 1.73. The van der Waals surface area contributed by atoms with Crippen molar-refractivity contribution >= 4 is 5.91 Å². The van der Waals surface area contributed by atoms with E-state index in [-0.39, 0.29) is 11.9 Å². The molecule has 0 saturated carbocycles. The highest BCUT2D eigenvalue weighted by atomic mass is 16.2. The van der Waals surface area contributed by atoms with Gasteiger partial charge in [0.05, 0.1) is 12.2 Å². The average Bonchev–Trinajstić information content (AvgIpc) is 2.83. The van der Waals surface area contributed by atoms with Crippen LogP contribution in [0, 0.1) is 0 Å². The van der Waals surface area contributed by atoms with Gasteiger partial charge in [-0.25, -0.2) is 4.68 Å². The summed E-state index contributed by atoms with van der Waals surface area (Å²) in [6.45, 7) is 10.9. The van der Waals surface area contributed by atoms with Crippen LogP contribution in [0.4, 0.5) is 0 Å². The minimum absolute atomic E-state index is 0.0953. The van der Waals surface area contributed by atoms with Crippen molar-refractivity contribution in [1.29, 1.82) is 0 Å². The monoisotopic (exact) mass is 280 g/mol. The van der Waals surface area contributed by atoms with E-state index in [9.17, 15) is 4.79 Å². The Morgan fingerprint density at radius 3 is 2.80 bits per heavy atom. The largest absolute Gasteiger partial charge is 0.347 e. The highest BCUT2D eigenvalue weighted by Gasteiger charge is 2.22. The first kappa shape index (κ1) is 14.9. The first-order valence-corrected chi connectivity index (χ1v) is 7.29. The molecule has 0 spiro atoms. The van der Waals surface area contributed by atoms with E-state index in [0.717, 1.165) is 32.7 Å². The molecule has 0 aliphatic carbocycles. The van der Waals surface area contributed by atoms with Crippen LogP contribution in [0.1, 0.15) is 37.3 Å². The topological polar surface area (TPSA) is 75.1 Å². The smallest absolute Gasteiger partial charge is 0.273 e. The Hall–Kier alpha value is -1.47. The van der Waals surface area contributed by atoms with Crippen LogP contribution in [0.25, 0.3) is 0 Å². The number of aromatic nitrogens is 3. The zero-order chi connectivity index (χ0) is 14.5. The van der Waals surface area contributed by atoms with Gasteiger partial charge in [-0.1, -0.05) is 19.1 Å². The van der Waals surface area contributed by atoms with Gasteiger partial charge in [-0.2, -0.15) is 0 Å². The van der Waals surface area contributed by atoms with Crippen LogP contribution < -0.4 is 10.6 Å². The lowest BCUT2D eigenvalue weighted by Gasteiger charge is -2.26. The standard InChI is InChI=1S/C13H24N6O/c1-4-18(5-2)8-10(3)15-13(20)12-9-19(17-16-12)11-6-14-7-11/h9-11,14H,4-8H2,1-3H3,(H,15,20). The fourth-order valence-electron chi connectivity index (χ4n) is 2.23. The maximum absolute atomic E-state index is 12.1. The van der Waals surface area contributed by atoms with Crippen molar-refractivity contribution in [3.8, 4) is 0 Å². The van der Waals surface area contributed by atoms with Crippen molar-refractivity contribution in [2.45, 2.75) is 32.9 Å². The Labute approximate surface area is 119 Å². The normalized spacial score (nSPS) is 17.0. The van der Waals surface area contributed by atoms with Crippen molar-refractivity contribution in [1.82, 2.24) is 30.5 Å². The van der Waals surface area contributed by atoms with Crippen LogP contribution in [-0.2, 0) is 0 Å². The summed E-state index contributed by atoms with van der Waals surface area (Å²) in [6, 6.07) is 0.426. The number of likely N-dealkylation sites (N-methyl/N-ethyl adjacent to an activating group) is 1. The number of hydrogen-bond acceptors (Lipinski definition) is 5. The zero-order valence-electron chi connectivity index (χ0n) is 12.5. The van der Waals surface area contributed by atoms with Crippen LogP contribution in [0.15, 0.2) is 6.20 Å². The van der Waals surface area contributed by atoms with E-state index in [0.29, 0.717) is 11.7 Å². The molecule has 0 aromatic carbocycles. The molecule has 112 valence electrons. The van der Waals surface area contributed by atoms with E-state index in [1.165, 1.54) is 0 Å². The van der Waals surface area contributed by atoms with Gasteiger partial charge in [-0.15, -0.1) is 5.10 Å². The van der Waals surface area contributed by atoms with Gasteiger partial charge in [0.15, 0.2) is 5.69 Å². The Bertz CT molecular complexity index is 438. The van der Waals surface area contributed by atoms with Gasteiger partial charge in [-0.3, -0.25) is 4.79 Å². The number of hydrogen-bond donors (Lipinski definition) is 2. The molecule has 2 rings (SSSR count). The van der Waals surface area contributed by atoms with Crippen molar-refractivity contribution in [2.75, 3.05) is 32.7 Å². The molecular formula is C13H24N6O. The summed E-state index contributed by atoms with van der Waals surface area (Å²) in [4.78, 5) is 14.4. The number of rotatable bonds is 7. The molecule has 1 unspecified atom stereocenters. The fourth-order valence-corrected chi connectivity index (χ4v) is 2.23. The lowest BCUT2D eigenvalue weighted by Crippen LogP contribution is -2.43. The predicted octanol–water partition coefficient (Wildman–Crippen LogP) is -0.117. The molecule has 1 aliphatic heterocycles. The lowest BCUT2D eigenvalue weighted by atomic mass is 10.2. The second-order valence-electron chi connectivity index (χ2n) is 5.26. The molecule has 1 aromatic rings. The number of amides is 1. The second-order valence-corrected chi connectivity index (χ2v) is 5.26. The first-order chi connectivity index (χ1) is 9.63. The Kier molecular flexibility index (Phi) is 5.08. The average molecular weight is 280 g/mol. The summed E-state index contributed by atoms with van der Waals surface area (Å²) < 4.78 is 1.76. The van der Waals surface area contributed by atoms with Gasteiger partial charge in [0, 0.05) is 25.7 Å². The Balaban J connectivity index is 1.85. The summed E-state index contributed by atoms with van der Waals surface area (Å²) in [5.41, 5.74) is 0.392. The summed E-state index contributed by atoms with van der Waals surface area (Å²) >= 11 is 0. The molecule has 0 radical (unpaired) electrons. The van der Waals surface area contributed by atoms with Gasteiger partial charge in [0.25, 0.3) is 5.91 Å². The summed E-state index contributed by atoms with van der Waals surface area (Å²) in [5, 5.41) is 14.1. The third-order valence-corrected chi connectivity index (χ3v) is 3.68. The number of nitrogens with zero attached hydrogens (tertiary/aromatic N) is 4. The third kappa shape index (κ3) is 3.55. The lowest BCUT2D eigenvalue weighted by molar-refractivity contribution is 0.0925. The Morgan fingerprint density at radius 1 is 1.55 bits per heavy atom. The molecule has 20 heavy (non-hydrogen) atoms. The third-order valence-electron chi connectivity index (χ3n) is 3.68. The molecular weight excluding hydrogens is 256 g/mol. The first-order valence-electron chi connectivity index (χ1n) is 7.29. The second kappa shape index (κ2) is 6.81. The molecule has 1 atom stereocenters. The minimum Gasteiger partial charge on any atom is -0.347 e. The quantitative estimate of drug-likeness (QED) is 0.728. The van der Waals surface area contributed by atoms with Gasteiger partial charge in [0.2, 0.25) is 0 Å². The number of nitrogens with one attached hydrogen (secondary N) is 2. The molecule has 7 nitrogen and oxygen atoms in total. The van der Waals surface area contributed by atoms with Gasteiger partial charge in [0.1, 0.15) is 0 Å². The molecule has 1 aliphatic rings. The van der Waals surface area contributed by atoms with Crippen molar-refractivity contribution in [2.24, 2.45) is 0 Å². The summed E-state index contributed by atoms with van der Waals surface area (Å²) in [5.74, 6) is -0.150. The SMILES string of the molecule is CCN(CC)CC(C)NC(=O)c1cn(C2CNC2)nn1. The maximum atomic E-state index is 12.1. The van der Waals surface area contributed by atoms with E-state index >= 15 is 0 Å². The van der Waals surface area contributed by atoms with Crippen LogP contribution >= 0.6 is 0 Å². The highest BCUT2D eigenvalue weighted by Crippen LogP contribution is 2.09. The van der Waals surface area contributed by atoms with Gasteiger partial charge >= 0.3 is 0 Å². The molecule has 0 bridgehead atoms. The zero-order valence-corrected chi connectivity index (χ0v) is 12.5. The van der Waals surface area contributed by atoms with Crippen LogP contribution in [0.5, 0.6) is 0 Å². The van der Waals surface area contributed by atoms with Gasteiger partial charge in [-0.05, 0) is 20.0 Å². The molecule has 2 N–H and O–H groups in total. The maximum Gasteiger partial charge on any atom is 0.273 e. The van der Waals surface area contributed by atoms with Crippen molar-refractivity contribution in [3.63, 3.8) is 0 Å². The number of carbonyl (C=O) groups is 1. The number of carbonyl (C=O) groups excluding carboxylic acids is 1. The molecule has 1 aromatic heterocycles. The summed E-state index contributed by atoms with van der Waals surface area (Å²) in [7, 11) is 0. The molecule has 7 heteroatoms. The van der Waals surface area contributed by atoms with E-state index in [1.807, 2.05) is 6.92 Å². The molecule has 1 saturated heterocycles. The van der Waals surface area contributed by atoms with E-state index in [2.05, 4.69) is 39.7 Å². The van der Waals surface area contributed by atoms with Crippen molar-refractivity contribution in [3.05, 3.63) is 11.9 Å². The van der Waals surface area contributed by atoms with Crippen LogP contribution in [-0.4, -0.2) is 64.6 Å². The van der Waals surface area contributed by atoms with Crippen LogP contribution in [0.2, 0.25) is 0 Å². The van der Waals surface area contributed by atoms with E-state index in [4.69, 9.17) is 0 Å². The van der Waals surface area contributed by atoms with E-state index in [1.54, 1.807) is 10.9 Å². The van der Waals surface area contributed by atoms with E-state index < -0.39 is 0 Å². The van der Waals surface area contributed by atoms with Crippen molar-refractivity contribution < 1.29 is 4.79 Å². The molecule has 2 heterocycles. The Morgan fingerprint density at radius 2 is 2.25 bits per heavy atom. The molecule has 1 amide bonds. The van der Waals surface area contributed by atoms with Crippen LogP contribution in [0.3, 0.4) is 0 Å². The molecule has 1 fully saturated rings.